The summed E-state index contributed by atoms with van der Waals surface area (Å²) in [6.45, 7) is 2.61. The molecule has 0 saturated carbocycles. The molecule has 0 unspecified atom stereocenters. The van der Waals surface area contributed by atoms with Crippen LogP contribution in [0, 0.1) is 6.92 Å². The molecule has 0 aliphatic carbocycles. The van der Waals surface area contributed by atoms with E-state index >= 15 is 0 Å². The molecule has 0 saturated heterocycles. The summed E-state index contributed by atoms with van der Waals surface area (Å²) in [7, 11) is 0. The van der Waals surface area contributed by atoms with Crippen molar-refractivity contribution >= 4 is 11.7 Å². The van der Waals surface area contributed by atoms with E-state index < -0.39 is 0 Å². The fraction of sp³-hybridized carbons (Fsp3) is 0.130. The van der Waals surface area contributed by atoms with Crippen molar-refractivity contribution in [2.45, 2.75) is 13.3 Å². The summed E-state index contributed by atoms with van der Waals surface area (Å²) >= 11 is 0. The minimum Gasteiger partial charge on any atom is -0.292 e. The molecule has 5 rings (SSSR count). The van der Waals surface area contributed by atoms with E-state index in [4.69, 9.17) is 5.10 Å². The van der Waals surface area contributed by atoms with Crippen LogP contribution < -0.4 is 4.90 Å². The molecule has 1 aromatic carbocycles. The zero-order valence-electron chi connectivity index (χ0n) is 16.0. The zero-order chi connectivity index (χ0) is 19.8. The van der Waals surface area contributed by atoms with Gasteiger partial charge >= 0.3 is 0 Å². The summed E-state index contributed by atoms with van der Waals surface area (Å²) in [6, 6.07) is 17.5. The van der Waals surface area contributed by atoms with Gasteiger partial charge in [-0.3, -0.25) is 14.7 Å². The van der Waals surface area contributed by atoms with Gasteiger partial charge in [-0.1, -0.05) is 18.2 Å². The van der Waals surface area contributed by atoms with Crippen LogP contribution in [-0.4, -0.2) is 32.2 Å². The number of rotatable bonds is 2. The molecular formula is C23H19N5O. The third-order valence-corrected chi connectivity index (χ3v) is 5.28. The number of carbonyl (C=O) groups excluding carboxylic acids is 1. The molecule has 4 heterocycles. The lowest BCUT2D eigenvalue weighted by Gasteiger charge is -2.21. The lowest BCUT2D eigenvalue weighted by Crippen LogP contribution is -2.33. The highest BCUT2D eigenvalue weighted by Crippen LogP contribution is 2.36. The number of hydrogen-bond donors (Lipinski definition) is 0. The Kier molecular flexibility index (Phi) is 4.17. The number of nitrogens with zero attached hydrogens (tertiary/aromatic N) is 5. The fourth-order valence-electron chi connectivity index (χ4n) is 3.84. The Bertz CT molecular complexity index is 1180. The van der Waals surface area contributed by atoms with Crippen molar-refractivity contribution in [2.24, 2.45) is 0 Å². The Morgan fingerprint density at radius 3 is 2.62 bits per heavy atom. The van der Waals surface area contributed by atoms with E-state index in [-0.39, 0.29) is 5.91 Å². The summed E-state index contributed by atoms with van der Waals surface area (Å²) in [4.78, 5) is 23.6. The molecular weight excluding hydrogens is 362 g/mol. The molecule has 1 aliphatic rings. The Hall–Kier alpha value is -3.80. The molecule has 4 aromatic rings. The fourth-order valence-corrected chi connectivity index (χ4v) is 3.84. The molecule has 0 radical (unpaired) electrons. The lowest BCUT2D eigenvalue weighted by molar-refractivity contribution is 0.0986. The first-order chi connectivity index (χ1) is 14.2. The van der Waals surface area contributed by atoms with Gasteiger partial charge in [-0.05, 0) is 49.7 Å². The van der Waals surface area contributed by atoms with E-state index in [1.807, 2.05) is 47.1 Å². The van der Waals surface area contributed by atoms with E-state index in [2.05, 4.69) is 16.9 Å². The number of amides is 1. The van der Waals surface area contributed by atoms with Gasteiger partial charge in [-0.15, -0.1) is 0 Å². The second kappa shape index (κ2) is 6.98. The average molecular weight is 381 g/mol. The Balaban J connectivity index is 1.64. The molecule has 6 heteroatoms. The van der Waals surface area contributed by atoms with E-state index in [0.29, 0.717) is 24.3 Å². The first-order valence-corrected chi connectivity index (χ1v) is 9.55. The highest BCUT2D eigenvalue weighted by molar-refractivity contribution is 6.07. The maximum absolute atomic E-state index is 13.2. The van der Waals surface area contributed by atoms with Crippen LogP contribution in [0.1, 0.15) is 21.6 Å². The number of fused-ring (bicyclic) bond motifs is 3. The van der Waals surface area contributed by atoms with E-state index in [9.17, 15) is 4.79 Å². The van der Waals surface area contributed by atoms with Crippen molar-refractivity contribution in [1.82, 2.24) is 19.7 Å². The Morgan fingerprint density at radius 1 is 1.00 bits per heavy atom. The smallest absolute Gasteiger partial charge is 0.261 e. The second-order valence-electron chi connectivity index (χ2n) is 6.98. The van der Waals surface area contributed by atoms with Gasteiger partial charge in [0.15, 0.2) is 0 Å². The van der Waals surface area contributed by atoms with Gasteiger partial charge in [0.25, 0.3) is 5.91 Å². The number of carbonyl (C=O) groups is 1. The van der Waals surface area contributed by atoms with Crippen LogP contribution in [0.15, 0.2) is 73.2 Å². The summed E-state index contributed by atoms with van der Waals surface area (Å²) in [6.07, 6.45) is 5.68. The molecule has 0 atom stereocenters. The molecule has 0 N–H and O–H groups in total. The predicted octanol–water partition coefficient (Wildman–Crippen LogP) is 3.84. The van der Waals surface area contributed by atoms with E-state index in [1.165, 1.54) is 0 Å². The third kappa shape index (κ3) is 2.89. The second-order valence-corrected chi connectivity index (χ2v) is 6.98. The van der Waals surface area contributed by atoms with Crippen LogP contribution >= 0.6 is 0 Å². The molecule has 1 amide bonds. The normalized spacial score (nSPS) is 12.8. The van der Waals surface area contributed by atoms with Crippen molar-refractivity contribution in [3.05, 3.63) is 90.0 Å². The monoisotopic (exact) mass is 381 g/mol. The Labute approximate surface area is 168 Å². The number of anilines is 1. The number of pyridine rings is 2. The first kappa shape index (κ1) is 17.3. The van der Waals surface area contributed by atoms with E-state index in [0.717, 1.165) is 28.2 Å². The van der Waals surface area contributed by atoms with Gasteiger partial charge < -0.3 is 0 Å². The predicted molar refractivity (Wildman–Crippen MR) is 111 cm³/mol. The first-order valence-electron chi connectivity index (χ1n) is 9.55. The third-order valence-electron chi connectivity index (χ3n) is 5.28. The van der Waals surface area contributed by atoms with Crippen molar-refractivity contribution in [1.29, 1.82) is 0 Å². The number of para-hydroxylation sites is 1. The molecule has 3 aromatic heterocycles. The molecule has 1 aliphatic heterocycles. The molecule has 0 bridgehead atoms. The summed E-state index contributed by atoms with van der Waals surface area (Å²) in [5.41, 5.74) is 5.55. The standard InChI is InChI=1S/C23H19N5O/c1-16-19-11-14-27(23(29)17-7-5-12-24-15-17)22-20(10-6-13-25-22)21(19)26-28(16)18-8-3-2-4-9-18/h2-10,12-13,15H,11,14H2,1H3. The summed E-state index contributed by atoms with van der Waals surface area (Å²) in [5, 5.41) is 4.91. The van der Waals surface area contributed by atoms with Gasteiger partial charge in [0.05, 0.1) is 16.9 Å². The van der Waals surface area contributed by atoms with Crippen LogP contribution in [0.25, 0.3) is 16.9 Å². The number of aromatic nitrogens is 4. The van der Waals surface area contributed by atoms with Gasteiger partial charge in [-0.25, -0.2) is 9.67 Å². The van der Waals surface area contributed by atoms with Crippen LogP contribution in [0.2, 0.25) is 0 Å². The average Bonchev–Trinajstić information content (AvgIpc) is 3.01. The van der Waals surface area contributed by atoms with Crippen molar-refractivity contribution in [2.75, 3.05) is 11.4 Å². The van der Waals surface area contributed by atoms with Crippen LogP contribution in [0.5, 0.6) is 0 Å². The highest BCUT2D eigenvalue weighted by atomic mass is 16.2. The minimum atomic E-state index is -0.100. The molecule has 0 spiro atoms. The number of benzene rings is 1. The van der Waals surface area contributed by atoms with E-state index in [1.54, 1.807) is 35.6 Å². The maximum atomic E-state index is 13.2. The quantitative estimate of drug-likeness (QED) is 0.529. The highest BCUT2D eigenvalue weighted by Gasteiger charge is 2.29. The van der Waals surface area contributed by atoms with Crippen LogP contribution in [0.3, 0.4) is 0 Å². The zero-order valence-corrected chi connectivity index (χ0v) is 16.0. The van der Waals surface area contributed by atoms with Crippen LogP contribution in [0.4, 0.5) is 5.82 Å². The lowest BCUT2D eigenvalue weighted by atomic mass is 10.1. The molecule has 6 nitrogen and oxygen atoms in total. The SMILES string of the molecule is Cc1c2c(nn1-c1ccccc1)-c1cccnc1N(C(=O)c1cccnc1)CC2. The van der Waals surface area contributed by atoms with Crippen molar-refractivity contribution in [3.63, 3.8) is 0 Å². The van der Waals surface area contributed by atoms with Gasteiger partial charge in [0.1, 0.15) is 5.82 Å². The molecule has 142 valence electrons. The van der Waals surface area contributed by atoms with Gasteiger partial charge in [0.2, 0.25) is 0 Å². The van der Waals surface area contributed by atoms with Gasteiger partial charge in [0, 0.05) is 42.0 Å². The summed E-state index contributed by atoms with van der Waals surface area (Å²) in [5.74, 6) is 0.537. The van der Waals surface area contributed by atoms with Gasteiger partial charge in [-0.2, -0.15) is 5.10 Å². The maximum Gasteiger partial charge on any atom is 0.261 e. The molecule has 29 heavy (non-hydrogen) atoms. The Morgan fingerprint density at radius 2 is 1.83 bits per heavy atom. The summed E-state index contributed by atoms with van der Waals surface area (Å²) < 4.78 is 1.97. The largest absolute Gasteiger partial charge is 0.292 e. The number of hydrogen-bond acceptors (Lipinski definition) is 4. The topological polar surface area (TPSA) is 63.9 Å². The van der Waals surface area contributed by atoms with Crippen molar-refractivity contribution < 1.29 is 4.79 Å². The van der Waals surface area contributed by atoms with Crippen molar-refractivity contribution in [3.8, 4) is 16.9 Å². The minimum absolute atomic E-state index is 0.100. The molecule has 0 fully saturated rings. The van der Waals surface area contributed by atoms with Crippen LogP contribution in [-0.2, 0) is 6.42 Å².